The second-order valence-electron chi connectivity index (χ2n) is 5.38. The number of carbonyl (C=O) groups excluding carboxylic acids is 1. The highest BCUT2D eigenvalue weighted by atomic mass is 32.2. The smallest absolute Gasteiger partial charge is 0.160 e. The second-order valence-corrected chi connectivity index (χ2v) is 7.27. The lowest BCUT2D eigenvalue weighted by Gasteiger charge is -2.37. The van der Waals surface area contributed by atoms with E-state index in [0.29, 0.717) is 17.1 Å². The largest absolute Gasteiger partial charge is 0.294 e. The molecule has 0 spiro atoms. The van der Waals surface area contributed by atoms with E-state index >= 15 is 0 Å². The van der Waals surface area contributed by atoms with Gasteiger partial charge < -0.3 is 0 Å². The molecule has 0 aromatic carbocycles. The summed E-state index contributed by atoms with van der Waals surface area (Å²) < 4.78 is 1.23. The molecule has 1 rings (SSSR count). The van der Waals surface area contributed by atoms with Crippen molar-refractivity contribution in [1.29, 1.82) is 0 Å². The average molecular weight is 272 g/mol. The highest BCUT2D eigenvalue weighted by molar-refractivity contribution is 8.21. The number of thioether (sulfide) groups is 2. The lowest BCUT2D eigenvalue weighted by Crippen LogP contribution is -2.29. The number of carbonyl (C=O) groups is 1. The zero-order valence-electron chi connectivity index (χ0n) is 11.6. The molecule has 3 heteroatoms. The van der Waals surface area contributed by atoms with E-state index in [2.05, 4.69) is 33.3 Å². The van der Waals surface area contributed by atoms with Gasteiger partial charge in [-0.3, -0.25) is 4.79 Å². The summed E-state index contributed by atoms with van der Waals surface area (Å²) >= 11 is 3.44. The third-order valence-corrected chi connectivity index (χ3v) is 6.37. The molecule has 0 heterocycles. The highest BCUT2D eigenvalue weighted by Crippen LogP contribution is 2.44. The summed E-state index contributed by atoms with van der Waals surface area (Å²) in [6.45, 7) is 6.93. The second kappa shape index (κ2) is 6.33. The van der Waals surface area contributed by atoms with Gasteiger partial charge in [0.25, 0.3) is 0 Å². The summed E-state index contributed by atoms with van der Waals surface area (Å²) in [7, 11) is 0. The quantitative estimate of drug-likeness (QED) is 0.689. The maximum atomic E-state index is 12.0. The molecule has 1 saturated carbocycles. The molecule has 1 fully saturated rings. The molecule has 0 saturated heterocycles. The van der Waals surface area contributed by atoms with Gasteiger partial charge in [0.15, 0.2) is 5.78 Å². The first-order valence-corrected chi connectivity index (χ1v) is 8.75. The monoisotopic (exact) mass is 272 g/mol. The number of rotatable bonds is 4. The van der Waals surface area contributed by atoms with Crippen LogP contribution in [-0.4, -0.2) is 18.3 Å². The van der Waals surface area contributed by atoms with E-state index in [0.717, 1.165) is 24.8 Å². The van der Waals surface area contributed by atoms with E-state index in [1.807, 2.05) is 0 Å². The van der Waals surface area contributed by atoms with Gasteiger partial charge in [-0.2, -0.15) is 0 Å². The molecule has 17 heavy (non-hydrogen) atoms. The first-order valence-electron chi connectivity index (χ1n) is 6.30. The molecule has 0 aliphatic heterocycles. The molecule has 1 atom stereocenters. The summed E-state index contributed by atoms with van der Waals surface area (Å²) in [5, 5.41) is 0. The van der Waals surface area contributed by atoms with Crippen LogP contribution in [0.15, 0.2) is 9.81 Å². The molecule has 1 aliphatic rings. The molecule has 0 bridgehead atoms. The Morgan fingerprint density at radius 2 is 1.94 bits per heavy atom. The van der Waals surface area contributed by atoms with Crippen molar-refractivity contribution in [3.05, 3.63) is 9.81 Å². The number of hydrogen-bond acceptors (Lipinski definition) is 3. The molecule has 0 aromatic heterocycles. The van der Waals surface area contributed by atoms with Crippen molar-refractivity contribution in [1.82, 2.24) is 0 Å². The minimum absolute atomic E-state index is 0.355. The predicted molar refractivity (Wildman–Crippen MR) is 80.5 cm³/mol. The predicted octanol–water partition coefficient (Wildman–Crippen LogP) is 4.73. The zero-order chi connectivity index (χ0) is 13.1. The van der Waals surface area contributed by atoms with Crippen molar-refractivity contribution in [2.24, 2.45) is 11.3 Å². The van der Waals surface area contributed by atoms with E-state index in [9.17, 15) is 4.79 Å². The molecule has 0 N–H and O–H groups in total. The van der Waals surface area contributed by atoms with Gasteiger partial charge in [0.2, 0.25) is 0 Å². The molecule has 98 valence electrons. The van der Waals surface area contributed by atoms with Crippen LogP contribution in [0.4, 0.5) is 0 Å². The van der Waals surface area contributed by atoms with Gasteiger partial charge in [-0.25, -0.2) is 0 Å². The molecule has 0 radical (unpaired) electrons. The molecular weight excluding hydrogens is 248 g/mol. The number of ketones is 1. The van der Waals surface area contributed by atoms with Gasteiger partial charge in [-0.15, -0.1) is 23.5 Å². The molecular formula is C14H24OS2. The minimum atomic E-state index is 0.355. The Bertz CT molecular complexity index is 312. The molecule has 0 amide bonds. The Labute approximate surface area is 114 Å². The van der Waals surface area contributed by atoms with E-state index in [1.165, 1.54) is 10.7 Å². The van der Waals surface area contributed by atoms with Crippen LogP contribution in [0, 0.1) is 11.3 Å². The van der Waals surface area contributed by atoms with E-state index in [-0.39, 0.29) is 0 Å². The zero-order valence-corrected chi connectivity index (χ0v) is 13.3. The Morgan fingerprint density at radius 1 is 1.35 bits per heavy atom. The molecule has 1 unspecified atom stereocenters. The number of hydrogen-bond donors (Lipinski definition) is 0. The van der Waals surface area contributed by atoms with Gasteiger partial charge in [-0.05, 0) is 36.7 Å². The molecule has 0 aromatic rings. The van der Waals surface area contributed by atoms with Gasteiger partial charge in [-0.1, -0.05) is 27.2 Å². The highest BCUT2D eigenvalue weighted by Gasteiger charge is 2.34. The summed E-state index contributed by atoms with van der Waals surface area (Å²) in [4.78, 5) is 12.0. The van der Waals surface area contributed by atoms with Crippen LogP contribution in [0.3, 0.4) is 0 Å². The lowest BCUT2D eigenvalue weighted by molar-refractivity contribution is -0.117. The van der Waals surface area contributed by atoms with Crippen molar-refractivity contribution in [2.45, 2.75) is 46.5 Å². The Kier molecular flexibility index (Phi) is 5.65. The van der Waals surface area contributed by atoms with Gasteiger partial charge in [0, 0.05) is 16.2 Å². The van der Waals surface area contributed by atoms with Crippen LogP contribution < -0.4 is 0 Å². The van der Waals surface area contributed by atoms with Crippen LogP contribution in [0.2, 0.25) is 0 Å². The number of Topliss-reactive ketones (excluding diaryl/α,β-unsaturated/α-hetero) is 1. The lowest BCUT2D eigenvalue weighted by atomic mass is 9.68. The van der Waals surface area contributed by atoms with Crippen LogP contribution in [0.1, 0.15) is 46.5 Å². The van der Waals surface area contributed by atoms with Crippen molar-refractivity contribution in [3.63, 3.8) is 0 Å². The van der Waals surface area contributed by atoms with E-state index in [4.69, 9.17) is 0 Å². The maximum Gasteiger partial charge on any atom is 0.160 e. The Hall–Kier alpha value is 0.110. The SMILES string of the molecule is CCC(C)(C)C1CCC(=O)C(=C(SC)SC)C1. The minimum Gasteiger partial charge on any atom is -0.294 e. The number of allylic oxidation sites excluding steroid dienone is 1. The van der Waals surface area contributed by atoms with Gasteiger partial charge >= 0.3 is 0 Å². The summed E-state index contributed by atoms with van der Waals surface area (Å²) in [5.41, 5.74) is 1.45. The topological polar surface area (TPSA) is 17.1 Å². The van der Waals surface area contributed by atoms with Crippen LogP contribution in [0.5, 0.6) is 0 Å². The van der Waals surface area contributed by atoms with Crippen LogP contribution in [0.25, 0.3) is 0 Å². The van der Waals surface area contributed by atoms with E-state index < -0.39 is 0 Å². The molecule has 1 aliphatic carbocycles. The standard InChI is InChI=1S/C14H24OS2/c1-6-14(2,3)10-7-8-12(15)11(9-10)13(16-4)17-5/h10H,6-9H2,1-5H3. The van der Waals surface area contributed by atoms with Gasteiger partial charge in [0.1, 0.15) is 0 Å². The fourth-order valence-corrected chi connectivity index (χ4v) is 3.95. The van der Waals surface area contributed by atoms with Crippen molar-refractivity contribution >= 4 is 29.3 Å². The fraction of sp³-hybridized carbons (Fsp3) is 0.786. The third-order valence-electron chi connectivity index (χ3n) is 4.14. The Balaban J connectivity index is 2.93. The van der Waals surface area contributed by atoms with Crippen molar-refractivity contribution in [3.8, 4) is 0 Å². The first kappa shape index (κ1) is 15.2. The Morgan fingerprint density at radius 3 is 2.41 bits per heavy atom. The van der Waals surface area contributed by atoms with Crippen LogP contribution >= 0.6 is 23.5 Å². The average Bonchev–Trinajstić information content (AvgIpc) is 2.32. The summed E-state index contributed by atoms with van der Waals surface area (Å²) in [6.07, 6.45) is 8.12. The van der Waals surface area contributed by atoms with Crippen molar-refractivity contribution in [2.75, 3.05) is 12.5 Å². The summed E-state index contributed by atoms with van der Waals surface area (Å²) in [6, 6.07) is 0. The third kappa shape index (κ3) is 3.54. The van der Waals surface area contributed by atoms with Crippen molar-refractivity contribution < 1.29 is 4.79 Å². The first-order chi connectivity index (χ1) is 7.96. The van der Waals surface area contributed by atoms with Gasteiger partial charge in [0.05, 0.1) is 0 Å². The normalized spacial score (nSPS) is 21.8. The fourth-order valence-electron chi connectivity index (χ4n) is 2.40. The van der Waals surface area contributed by atoms with Crippen LogP contribution in [-0.2, 0) is 4.79 Å². The van der Waals surface area contributed by atoms with E-state index in [1.54, 1.807) is 23.5 Å². The summed E-state index contributed by atoms with van der Waals surface area (Å²) in [5.74, 6) is 1.04. The maximum absolute atomic E-state index is 12.0. The molecule has 1 nitrogen and oxygen atoms in total.